The summed E-state index contributed by atoms with van der Waals surface area (Å²) in [5.74, 6) is 0.485. The first-order valence-corrected chi connectivity index (χ1v) is 10.1. The van der Waals surface area contributed by atoms with Gasteiger partial charge in [-0.25, -0.2) is 0 Å². The fourth-order valence-corrected chi connectivity index (χ4v) is 4.93. The molecule has 1 aromatic carbocycles. The van der Waals surface area contributed by atoms with E-state index in [0.717, 1.165) is 24.8 Å². The molecule has 6 nitrogen and oxygen atoms in total. The molecule has 1 saturated heterocycles. The van der Waals surface area contributed by atoms with Crippen LogP contribution in [-0.4, -0.2) is 49.2 Å². The zero-order valence-electron chi connectivity index (χ0n) is 17.3. The Kier molecular flexibility index (Phi) is 5.60. The summed E-state index contributed by atoms with van der Waals surface area (Å²) in [6.45, 7) is 5.37. The number of likely N-dealkylation sites (tertiary alicyclic amines) is 1. The van der Waals surface area contributed by atoms with Crippen molar-refractivity contribution in [2.75, 3.05) is 27.3 Å². The first kappa shape index (κ1) is 20.5. The topological polar surface area (TPSA) is 76.1 Å². The molecule has 2 fully saturated rings. The smallest absolute Gasteiger partial charge is 0.307 e. The van der Waals surface area contributed by atoms with E-state index in [1.165, 1.54) is 0 Å². The average molecular weight is 389 g/mol. The molecule has 0 bridgehead atoms. The van der Waals surface area contributed by atoms with Gasteiger partial charge in [-0.15, -0.1) is 0 Å². The average Bonchev–Trinajstić information content (AvgIpc) is 3.43. The van der Waals surface area contributed by atoms with Crippen molar-refractivity contribution in [2.45, 2.75) is 51.4 Å². The first-order chi connectivity index (χ1) is 13.4. The highest BCUT2D eigenvalue weighted by molar-refractivity contribution is 5.88. The molecule has 1 heterocycles. The summed E-state index contributed by atoms with van der Waals surface area (Å²) in [4.78, 5) is 26.9. The van der Waals surface area contributed by atoms with Crippen molar-refractivity contribution >= 4 is 11.9 Å². The number of carboxylic acids is 1. The van der Waals surface area contributed by atoms with Crippen molar-refractivity contribution < 1.29 is 24.2 Å². The predicted octanol–water partition coefficient (Wildman–Crippen LogP) is 3.47. The maximum Gasteiger partial charge on any atom is 0.307 e. The molecule has 28 heavy (non-hydrogen) atoms. The number of aliphatic carboxylic acids is 1. The van der Waals surface area contributed by atoms with Gasteiger partial charge >= 0.3 is 5.97 Å². The number of benzene rings is 1. The van der Waals surface area contributed by atoms with Gasteiger partial charge in [-0.3, -0.25) is 9.59 Å². The number of piperidine rings is 1. The van der Waals surface area contributed by atoms with Crippen LogP contribution < -0.4 is 9.47 Å². The molecule has 1 aliphatic carbocycles. The zero-order valence-corrected chi connectivity index (χ0v) is 17.3. The zero-order chi connectivity index (χ0) is 20.5. The van der Waals surface area contributed by atoms with Gasteiger partial charge < -0.3 is 19.5 Å². The molecule has 1 saturated carbocycles. The summed E-state index contributed by atoms with van der Waals surface area (Å²) in [6, 6.07) is 5.73. The summed E-state index contributed by atoms with van der Waals surface area (Å²) in [7, 11) is 3.20. The molecule has 1 aromatic rings. The van der Waals surface area contributed by atoms with Crippen molar-refractivity contribution in [3.05, 3.63) is 23.8 Å². The highest BCUT2D eigenvalue weighted by Crippen LogP contribution is 2.59. The van der Waals surface area contributed by atoms with Crippen molar-refractivity contribution in [1.82, 2.24) is 4.90 Å². The number of hydrogen-bond donors (Lipinski definition) is 1. The highest BCUT2D eigenvalue weighted by Gasteiger charge is 2.59. The Morgan fingerprint density at radius 1 is 1.14 bits per heavy atom. The van der Waals surface area contributed by atoms with Crippen LogP contribution in [0.25, 0.3) is 0 Å². The van der Waals surface area contributed by atoms with Crippen LogP contribution >= 0.6 is 0 Å². The van der Waals surface area contributed by atoms with E-state index in [1.54, 1.807) is 14.2 Å². The number of hydrogen-bond acceptors (Lipinski definition) is 4. The molecule has 6 heteroatoms. The van der Waals surface area contributed by atoms with E-state index in [2.05, 4.69) is 0 Å². The summed E-state index contributed by atoms with van der Waals surface area (Å²) < 4.78 is 10.8. The number of carbonyl (C=O) groups excluding carboxylic acids is 1. The molecule has 0 radical (unpaired) electrons. The van der Waals surface area contributed by atoms with Gasteiger partial charge in [0.15, 0.2) is 11.5 Å². The number of carboxylic acid groups (broad SMARTS) is 1. The molecular weight excluding hydrogens is 358 g/mol. The van der Waals surface area contributed by atoms with E-state index < -0.39 is 11.4 Å². The fourth-order valence-electron chi connectivity index (χ4n) is 4.93. The lowest BCUT2D eigenvalue weighted by atomic mass is 9.74. The normalized spacial score (nSPS) is 20.7. The van der Waals surface area contributed by atoms with Gasteiger partial charge in [-0.05, 0) is 55.2 Å². The Bertz CT molecular complexity index is 747. The first-order valence-electron chi connectivity index (χ1n) is 10.1. The Labute approximate surface area is 166 Å². The second-order valence-corrected chi connectivity index (χ2v) is 8.11. The van der Waals surface area contributed by atoms with Crippen LogP contribution in [0.15, 0.2) is 18.2 Å². The SMILES string of the molecule is CCC(CC)(C(=O)N1CCC2(CC1)CC2C(=O)O)c1ccc(OC)c(OC)c1. The van der Waals surface area contributed by atoms with E-state index in [4.69, 9.17) is 9.47 Å². The summed E-state index contributed by atoms with van der Waals surface area (Å²) in [5, 5.41) is 9.29. The van der Waals surface area contributed by atoms with Gasteiger partial charge in [0.1, 0.15) is 0 Å². The molecule has 3 rings (SSSR count). The van der Waals surface area contributed by atoms with Crippen molar-refractivity contribution in [1.29, 1.82) is 0 Å². The molecule has 0 aromatic heterocycles. The van der Waals surface area contributed by atoms with Gasteiger partial charge in [0.2, 0.25) is 5.91 Å². The minimum atomic E-state index is -0.693. The molecule has 1 atom stereocenters. The third kappa shape index (κ3) is 3.23. The maximum absolute atomic E-state index is 13.6. The fraction of sp³-hybridized carbons (Fsp3) is 0.636. The van der Waals surface area contributed by atoms with E-state index >= 15 is 0 Å². The van der Waals surface area contributed by atoms with Crippen LogP contribution in [0.2, 0.25) is 0 Å². The second kappa shape index (κ2) is 7.64. The molecule has 1 spiro atoms. The minimum absolute atomic E-state index is 0.0764. The quantitative estimate of drug-likeness (QED) is 0.773. The molecular formula is C22H31NO5. The lowest BCUT2D eigenvalue weighted by Gasteiger charge is -2.40. The Hall–Kier alpha value is -2.24. The second-order valence-electron chi connectivity index (χ2n) is 8.11. The molecule has 1 unspecified atom stereocenters. The number of nitrogens with zero attached hydrogens (tertiary/aromatic N) is 1. The predicted molar refractivity (Wildman–Crippen MR) is 106 cm³/mol. The van der Waals surface area contributed by atoms with Crippen LogP contribution in [0.3, 0.4) is 0 Å². The van der Waals surface area contributed by atoms with Crippen LogP contribution in [0.4, 0.5) is 0 Å². The van der Waals surface area contributed by atoms with Crippen LogP contribution in [0, 0.1) is 11.3 Å². The lowest BCUT2D eigenvalue weighted by Crippen LogP contribution is -2.49. The molecule has 2 aliphatic rings. The van der Waals surface area contributed by atoms with Gasteiger partial charge in [0, 0.05) is 13.1 Å². The van der Waals surface area contributed by atoms with Gasteiger partial charge in [-0.2, -0.15) is 0 Å². The number of methoxy groups -OCH3 is 2. The van der Waals surface area contributed by atoms with Crippen LogP contribution in [0.1, 0.15) is 51.5 Å². The van der Waals surface area contributed by atoms with Gasteiger partial charge in [0.25, 0.3) is 0 Å². The maximum atomic E-state index is 13.6. The molecule has 1 amide bonds. The standard InChI is InChI=1S/C22H31NO5/c1-5-22(6-2,15-7-8-17(27-3)18(13-15)28-4)20(26)23-11-9-21(10-12-23)14-16(21)19(24)25/h7-8,13,16H,5-6,9-12,14H2,1-4H3,(H,24,25). The third-order valence-corrected chi connectivity index (χ3v) is 7.09. The van der Waals surface area contributed by atoms with E-state index in [-0.39, 0.29) is 17.2 Å². The Morgan fingerprint density at radius 3 is 2.21 bits per heavy atom. The minimum Gasteiger partial charge on any atom is -0.493 e. The number of rotatable bonds is 7. The van der Waals surface area contributed by atoms with E-state index in [1.807, 2.05) is 36.9 Å². The number of amides is 1. The van der Waals surface area contributed by atoms with E-state index in [0.29, 0.717) is 37.4 Å². The highest BCUT2D eigenvalue weighted by atomic mass is 16.5. The molecule has 1 N–H and O–H groups in total. The largest absolute Gasteiger partial charge is 0.493 e. The van der Waals surface area contributed by atoms with Crippen molar-refractivity contribution in [3.63, 3.8) is 0 Å². The third-order valence-electron chi connectivity index (χ3n) is 7.09. The molecule has 154 valence electrons. The summed E-state index contributed by atoms with van der Waals surface area (Å²) >= 11 is 0. The van der Waals surface area contributed by atoms with Gasteiger partial charge in [-0.1, -0.05) is 19.9 Å². The Morgan fingerprint density at radius 2 is 1.75 bits per heavy atom. The van der Waals surface area contributed by atoms with Crippen molar-refractivity contribution in [2.24, 2.45) is 11.3 Å². The number of carbonyl (C=O) groups is 2. The Balaban J connectivity index is 1.82. The lowest BCUT2D eigenvalue weighted by molar-refractivity contribution is -0.141. The van der Waals surface area contributed by atoms with E-state index in [9.17, 15) is 14.7 Å². The van der Waals surface area contributed by atoms with Crippen molar-refractivity contribution in [3.8, 4) is 11.5 Å². The van der Waals surface area contributed by atoms with Gasteiger partial charge in [0.05, 0.1) is 25.6 Å². The summed E-state index contributed by atoms with van der Waals surface area (Å²) in [5.41, 5.74) is 0.252. The van der Waals surface area contributed by atoms with Crippen LogP contribution in [-0.2, 0) is 15.0 Å². The summed E-state index contributed by atoms with van der Waals surface area (Å²) in [6.07, 6.45) is 3.71. The van der Waals surface area contributed by atoms with Crippen LogP contribution in [0.5, 0.6) is 11.5 Å². The number of ether oxygens (including phenoxy) is 2. The molecule has 1 aliphatic heterocycles. The monoisotopic (exact) mass is 389 g/mol.